The minimum Gasteiger partial charge on any atom is -0.316 e. The smallest absolute Gasteiger partial charge is 0.235 e. The third-order valence-electron chi connectivity index (χ3n) is 7.21. The second-order valence-corrected chi connectivity index (χ2v) is 9.22. The predicted molar refractivity (Wildman–Crippen MR) is 115 cm³/mol. The molecule has 0 spiro atoms. The fraction of sp³-hybridized carbons (Fsp3) is 0.609. The normalized spacial score (nSPS) is 26.4. The summed E-state index contributed by atoms with van der Waals surface area (Å²) in [5, 5.41) is 11.6. The van der Waals surface area contributed by atoms with Gasteiger partial charge in [-0.25, -0.2) is 0 Å². The van der Waals surface area contributed by atoms with Gasteiger partial charge in [0.25, 0.3) is 0 Å². The van der Waals surface area contributed by atoms with Crippen LogP contribution in [-0.4, -0.2) is 59.2 Å². The number of nitrogens with one attached hydrogen (secondary N) is 2. The van der Waals surface area contributed by atoms with Crippen LogP contribution in [0.4, 0.5) is 0 Å². The Morgan fingerprint density at radius 3 is 2.70 bits per heavy atom. The van der Waals surface area contributed by atoms with E-state index >= 15 is 0 Å². The summed E-state index contributed by atoms with van der Waals surface area (Å²) in [5.74, 6) is 0.652. The summed E-state index contributed by atoms with van der Waals surface area (Å²) < 4.78 is 1.89. The van der Waals surface area contributed by atoms with Gasteiger partial charge in [0, 0.05) is 25.4 Å². The number of carbonyl (C=O) groups excluding carboxylic acids is 2. The molecule has 3 aliphatic rings. The molecule has 7 nitrogen and oxygen atoms in total. The number of fused-ring (bicyclic) bond motifs is 1. The topological polar surface area (TPSA) is 79.3 Å². The summed E-state index contributed by atoms with van der Waals surface area (Å²) >= 11 is 0. The molecule has 2 atom stereocenters. The largest absolute Gasteiger partial charge is 0.316 e. The third kappa shape index (κ3) is 3.76. The fourth-order valence-electron chi connectivity index (χ4n) is 5.45. The summed E-state index contributed by atoms with van der Waals surface area (Å²) in [6.07, 6.45) is 4.62. The van der Waals surface area contributed by atoms with Crippen LogP contribution >= 0.6 is 0 Å². The summed E-state index contributed by atoms with van der Waals surface area (Å²) in [4.78, 5) is 26.5. The van der Waals surface area contributed by atoms with E-state index in [0.29, 0.717) is 18.8 Å². The number of imide groups is 1. The van der Waals surface area contributed by atoms with E-state index in [2.05, 4.69) is 38.8 Å². The Balaban J connectivity index is 1.30. The van der Waals surface area contributed by atoms with Gasteiger partial charge in [-0.2, -0.15) is 5.10 Å². The number of nitrogens with zero attached hydrogens (tertiary/aromatic N) is 3. The van der Waals surface area contributed by atoms with Crippen LogP contribution in [0.2, 0.25) is 0 Å². The molecular formula is C23H31N5O2. The summed E-state index contributed by atoms with van der Waals surface area (Å²) in [7, 11) is 1.94. The van der Waals surface area contributed by atoms with Gasteiger partial charge in [0.15, 0.2) is 0 Å². The Bertz CT molecular complexity index is 954. The van der Waals surface area contributed by atoms with Gasteiger partial charge in [-0.05, 0) is 75.3 Å². The first-order valence-corrected chi connectivity index (χ1v) is 11.3. The Labute approximate surface area is 177 Å². The number of benzene rings is 1. The van der Waals surface area contributed by atoms with E-state index in [-0.39, 0.29) is 17.7 Å². The highest BCUT2D eigenvalue weighted by Gasteiger charge is 2.32. The molecule has 7 heteroatoms. The first-order valence-electron chi connectivity index (χ1n) is 11.3. The Kier molecular flexibility index (Phi) is 5.33. The zero-order valence-electron chi connectivity index (χ0n) is 17.7. The van der Waals surface area contributed by atoms with E-state index in [9.17, 15) is 9.59 Å². The maximum absolute atomic E-state index is 12.3. The number of aromatic nitrogens is 2. The number of hydrogen-bond acceptors (Lipinski definition) is 5. The molecule has 160 valence electrons. The van der Waals surface area contributed by atoms with Crippen molar-refractivity contribution >= 4 is 22.7 Å². The number of aryl methyl sites for hydroxylation is 1. The Morgan fingerprint density at radius 1 is 1.13 bits per heavy atom. The Hall–Kier alpha value is -2.25. The highest BCUT2D eigenvalue weighted by Crippen LogP contribution is 2.34. The standard InChI is InChI=1S/C23H31N5O2/c1-27-20-12-17(16-7-10-28(11-8-16)14-15-6-9-24-13-15)2-3-18(20)22(26-27)19-4-5-21(29)25-23(19)30/h2-3,12,15-16,19,24H,4-11,13-14H2,1H3,(H,25,29,30). The number of carbonyl (C=O) groups is 2. The van der Waals surface area contributed by atoms with Crippen LogP contribution < -0.4 is 10.6 Å². The lowest BCUT2D eigenvalue weighted by Crippen LogP contribution is -2.39. The molecule has 4 heterocycles. The molecule has 3 fully saturated rings. The van der Waals surface area contributed by atoms with Gasteiger partial charge in [0.1, 0.15) is 0 Å². The average molecular weight is 410 g/mol. The van der Waals surface area contributed by atoms with Gasteiger partial charge >= 0.3 is 0 Å². The highest BCUT2D eigenvalue weighted by molar-refractivity contribution is 6.02. The first kappa shape index (κ1) is 19.7. The zero-order chi connectivity index (χ0) is 20.7. The minimum atomic E-state index is -0.342. The van der Waals surface area contributed by atoms with E-state index in [1.165, 1.54) is 57.5 Å². The summed E-state index contributed by atoms with van der Waals surface area (Å²) in [6, 6.07) is 6.62. The molecule has 2 N–H and O–H groups in total. The van der Waals surface area contributed by atoms with Crippen molar-refractivity contribution in [3.05, 3.63) is 29.5 Å². The second kappa shape index (κ2) is 8.12. The average Bonchev–Trinajstić information content (AvgIpc) is 3.36. The van der Waals surface area contributed by atoms with Gasteiger partial charge in [0.05, 0.1) is 17.1 Å². The Morgan fingerprint density at radius 2 is 1.97 bits per heavy atom. The molecule has 1 aromatic carbocycles. The van der Waals surface area contributed by atoms with E-state index in [4.69, 9.17) is 0 Å². The van der Waals surface area contributed by atoms with E-state index in [1.54, 1.807) is 0 Å². The van der Waals surface area contributed by atoms with Crippen LogP contribution in [0.15, 0.2) is 18.2 Å². The van der Waals surface area contributed by atoms with Crippen LogP contribution in [0.1, 0.15) is 55.2 Å². The summed E-state index contributed by atoms with van der Waals surface area (Å²) in [5.41, 5.74) is 3.25. The van der Waals surface area contributed by atoms with Crippen molar-refractivity contribution in [3.8, 4) is 0 Å². The molecule has 0 aliphatic carbocycles. The monoisotopic (exact) mass is 409 g/mol. The molecule has 3 saturated heterocycles. The molecule has 2 unspecified atom stereocenters. The van der Waals surface area contributed by atoms with Crippen LogP contribution in [0.3, 0.4) is 0 Å². The van der Waals surface area contributed by atoms with Crippen molar-refractivity contribution in [2.75, 3.05) is 32.7 Å². The fourth-order valence-corrected chi connectivity index (χ4v) is 5.45. The van der Waals surface area contributed by atoms with Gasteiger partial charge in [-0.15, -0.1) is 0 Å². The molecule has 0 saturated carbocycles. The SMILES string of the molecule is Cn1nc(C2CCC(=O)NC2=O)c2ccc(C3CCN(CC4CCNC4)CC3)cc21. The van der Waals surface area contributed by atoms with Crippen molar-refractivity contribution in [2.45, 2.75) is 43.9 Å². The van der Waals surface area contributed by atoms with Gasteiger partial charge in [-0.1, -0.05) is 12.1 Å². The van der Waals surface area contributed by atoms with Crippen LogP contribution in [-0.2, 0) is 16.6 Å². The van der Waals surface area contributed by atoms with Crippen LogP contribution in [0, 0.1) is 5.92 Å². The number of likely N-dealkylation sites (tertiary alicyclic amines) is 1. The number of piperidine rings is 2. The van der Waals surface area contributed by atoms with Crippen molar-refractivity contribution in [2.24, 2.45) is 13.0 Å². The first-order chi connectivity index (χ1) is 14.6. The molecular weight excluding hydrogens is 378 g/mol. The molecule has 3 aliphatic heterocycles. The highest BCUT2D eigenvalue weighted by atomic mass is 16.2. The van der Waals surface area contributed by atoms with Gasteiger partial charge in [-0.3, -0.25) is 19.6 Å². The molecule has 0 bridgehead atoms. The van der Waals surface area contributed by atoms with Gasteiger partial charge < -0.3 is 10.2 Å². The van der Waals surface area contributed by atoms with Crippen LogP contribution in [0.25, 0.3) is 10.9 Å². The third-order valence-corrected chi connectivity index (χ3v) is 7.21. The number of rotatable bonds is 4. The number of hydrogen-bond donors (Lipinski definition) is 2. The molecule has 0 radical (unpaired) electrons. The van der Waals surface area contributed by atoms with E-state index < -0.39 is 0 Å². The maximum Gasteiger partial charge on any atom is 0.235 e. The minimum absolute atomic E-state index is 0.186. The number of amides is 2. The molecule has 1 aromatic heterocycles. The van der Waals surface area contributed by atoms with E-state index in [0.717, 1.165) is 22.5 Å². The van der Waals surface area contributed by atoms with Crippen LogP contribution in [0.5, 0.6) is 0 Å². The van der Waals surface area contributed by atoms with Crippen molar-refractivity contribution in [3.63, 3.8) is 0 Å². The maximum atomic E-state index is 12.3. The lowest BCUT2D eigenvalue weighted by atomic mass is 9.87. The molecule has 2 aromatic rings. The molecule has 2 amide bonds. The lowest BCUT2D eigenvalue weighted by Gasteiger charge is -2.33. The van der Waals surface area contributed by atoms with Gasteiger partial charge in [0.2, 0.25) is 11.8 Å². The lowest BCUT2D eigenvalue weighted by molar-refractivity contribution is -0.134. The molecule has 5 rings (SSSR count). The predicted octanol–water partition coefficient (Wildman–Crippen LogP) is 1.88. The zero-order valence-corrected chi connectivity index (χ0v) is 17.7. The quantitative estimate of drug-likeness (QED) is 0.754. The van der Waals surface area contributed by atoms with Crippen molar-refractivity contribution in [1.82, 2.24) is 25.3 Å². The van der Waals surface area contributed by atoms with Crippen molar-refractivity contribution in [1.29, 1.82) is 0 Å². The molecule has 30 heavy (non-hydrogen) atoms. The van der Waals surface area contributed by atoms with E-state index in [1.807, 2.05) is 11.7 Å². The van der Waals surface area contributed by atoms with Crippen molar-refractivity contribution < 1.29 is 9.59 Å². The second-order valence-electron chi connectivity index (χ2n) is 9.22. The summed E-state index contributed by atoms with van der Waals surface area (Å²) in [6.45, 7) is 5.92.